The quantitative estimate of drug-likeness (QED) is 0.819. The molecule has 0 saturated carbocycles. The summed E-state index contributed by atoms with van der Waals surface area (Å²) in [7, 11) is 0. The Labute approximate surface area is 93.9 Å². The molecule has 0 atom stereocenters. The van der Waals surface area contributed by atoms with E-state index in [4.69, 9.17) is 5.26 Å². The zero-order valence-electron chi connectivity index (χ0n) is 8.99. The number of H-pyrrole nitrogens is 1. The van der Waals surface area contributed by atoms with E-state index in [1.165, 1.54) is 0 Å². The van der Waals surface area contributed by atoms with Gasteiger partial charge in [-0.2, -0.15) is 10.4 Å². The number of nitrogens with one attached hydrogen (secondary N) is 2. The smallest absolute Gasteiger partial charge is 0.101 e. The molecule has 0 aliphatic rings. The molecule has 0 fully saturated rings. The van der Waals surface area contributed by atoms with Crippen molar-refractivity contribution in [3.05, 3.63) is 47.3 Å². The molecule has 2 aromatic rings. The summed E-state index contributed by atoms with van der Waals surface area (Å²) in [5.41, 5.74) is 3.70. The van der Waals surface area contributed by atoms with Gasteiger partial charge in [0.05, 0.1) is 17.4 Å². The molecule has 16 heavy (non-hydrogen) atoms. The third-order valence-corrected chi connectivity index (χ3v) is 2.42. The average Bonchev–Trinajstić information content (AvgIpc) is 2.80. The Kier molecular flexibility index (Phi) is 2.88. The number of benzene rings is 1. The maximum absolute atomic E-state index is 8.99. The van der Waals surface area contributed by atoms with E-state index in [0.717, 1.165) is 16.8 Å². The molecule has 1 heterocycles. The van der Waals surface area contributed by atoms with Crippen molar-refractivity contribution in [1.29, 1.82) is 5.26 Å². The summed E-state index contributed by atoms with van der Waals surface area (Å²) < 4.78 is 0. The van der Waals surface area contributed by atoms with Gasteiger partial charge in [-0.05, 0) is 18.6 Å². The number of hydrogen-bond donors (Lipinski definition) is 2. The normalized spacial score (nSPS) is 9.75. The number of para-hydroxylation sites is 1. The molecule has 0 spiro atoms. The molecule has 0 saturated heterocycles. The highest BCUT2D eigenvalue weighted by Crippen LogP contribution is 2.20. The molecule has 0 unspecified atom stereocenters. The minimum absolute atomic E-state index is 0.663. The minimum atomic E-state index is 0.663. The zero-order valence-corrected chi connectivity index (χ0v) is 8.99. The molecule has 0 radical (unpaired) electrons. The Hall–Kier alpha value is -2.28. The molecule has 2 rings (SSSR count). The van der Waals surface area contributed by atoms with E-state index in [2.05, 4.69) is 21.6 Å². The van der Waals surface area contributed by atoms with E-state index in [-0.39, 0.29) is 0 Å². The Bertz CT molecular complexity index is 508. The summed E-state index contributed by atoms with van der Waals surface area (Å²) in [6, 6.07) is 7.86. The molecule has 0 aliphatic heterocycles. The van der Waals surface area contributed by atoms with Crippen LogP contribution in [0, 0.1) is 18.3 Å². The molecule has 1 aromatic heterocycles. The van der Waals surface area contributed by atoms with E-state index >= 15 is 0 Å². The first-order chi connectivity index (χ1) is 7.81. The largest absolute Gasteiger partial charge is 0.380 e. The summed E-state index contributed by atoms with van der Waals surface area (Å²) in [4.78, 5) is 0. The number of nitrogens with zero attached hydrogens (tertiary/aromatic N) is 2. The molecule has 4 heteroatoms. The van der Waals surface area contributed by atoms with E-state index in [1.54, 1.807) is 6.20 Å². The van der Waals surface area contributed by atoms with Crippen molar-refractivity contribution in [1.82, 2.24) is 10.2 Å². The molecule has 1 aromatic carbocycles. The fourth-order valence-corrected chi connectivity index (χ4v) is 1.56. The van der Waals surface area contributed by atoms with E-state index in [1.807, 2.05) is 31.3 Å². The lowest BCUT2D eigenvalue weighted by atomic mass is 10.1. The van der Waals surface area contributed by atoms with Crippen LogP contribution in [-0.2, 0) is 6.54 Å². The van der Waals surface area contributed by atoms with Gasteiger partial charge in [0.15, 0.2) is 0 Å². The number of anilines is 1. The Morgan fingerprint density at radius 1 is 1.50 bits per heavy atom. The molecular formula is C12H12N4. The van der Waals surface area contributed by atoms with Crippen LogP contribution in [0.1, 0.15) is 16.7 Å². The van der Waals surface area contributed by atoms with Gasteiger partial charge in [0, 0.05) is 18.3 Å². The summed E-state index contributed by atoms with van der Waals surface area (Å²) in [6.45, 7) is 2.65. The second-order valence-corrected chi connectivity index (χ2v) is 3.57. The fraction of sp³-hybridized carbons (Fsp3) is 0.167. The van der Waals surface area contributed by atoms with Gasteiger partial charge in [0.25, 0.3) is 0 Å². The van der Waals surface area contributed by atoms with Gasteiger partial charge in [-0.1, -0.05) is 12.1 Å². The van der Waals surface area contributed by atoms with Gasteiger partial charge in [-0.3, -0.25) is 5.10 Å². The number of nitriles is 1. The number of hydrogen-bond acceptors (Lipinski definition) is 3. The number of aryl methyl sites for hydroxylation is 1. The standard InChI is InChI=1S/C12H12N4/c1-9-3-2-4-11(5-13)12(9)14-6-10-7-15-16-8-10/h2-4,7-8,14H,6H2,1H3,(H,15,16). The van der Waals surface area contributed by atoms with Crippen molar-refractivity contribution < 1.29 is 0 Å². The molecule has 0 aliphatic carbocycles. The number of rotatable bonds is 3. The maximum Gasteiger partial charge on any atom is 0.101 e. The second-order valence-electron chi connectivity index (χ2n) is 3.57. The number of aromatic nitrogens is 2. The van der Waals surface area contributed by atoms with Crippen LogP contribution in [0.15, 0.2) is 30.6 Å². The average molecular weight is 212 g/mol. The monoisotopic (exact) mass is 212 g/mol. The van der Waals surface area contributed by atoms with Gasteiger partial charge in [-0.15, -0.1) is 0 Å². The SMILES string of the molecule is Cc1cccc(C#N)c1NCc1cn[nH]c1. The van der Waals surface area contributed by atoms with Crippen LogP contribution in [0.2, 0.25) is 0 Å². The lowest BCUT2D eigenvalue weighted by molar-refractivity contribution is 1.09. The van der Waals surface area contributed by atoms with E-state index in [9.17, 15) is 0 Å². The number of aromatic amines is 1. The molecule has 0 amide bonds. The first-order valence-electron chi connectivity index (χ1n) is 5.02. The van der Waals surface area contributed by atoms with Gasteiger partial charge in [0.1, 0.15) is 6.07 Å². The Balaban J connectivity index is 2.18. The summed E-state index contributed by atoms with van der Waals surface area (Å²) >= 11 is 0. The van der Waals surface area contributed by atoms with Crippen LogP contribution < -0.4 is 5.32 Å². The van der Waals surface area contributed by atoms with Crippen LogP contribution in [0.5, 0.6) is 0 Å². The summed E-state index contributed by atoms with van der Waals surface area (Å²) in [5, 5.41) is 18.9. The van der Waals surface area contributed by atoms with E-state index < -0.39 is 0 Å². The van der Waals surface area contributed by atoms with Crippen molar-refractivity contribution >= 4 is 5.69 Å². The highest BCUT2D eigenvalue weighted by atomic mass is 15.1. The predicted molar refractivity (Wildman–Crippen MR) is 61.8 cm³/mol. The molecular weight excluding hydrogens is 200 g/mol. The summed E-state index contributed by atoms with van der Waals surface area (Å²) in [6.07, 6.45) is 3.59. The Morgan fingerprint density at radius 3 is 3.06 bits per heavy atom. The third-order valence-electron chi connectivity index (χ3n) is 2.42. The maximum atomic E-state index is 8.99. The lowest BCUT2D eigenvalue weighted by Gasteiger charge is -2.09. The van der Waals surface area contributed by atoms with Gasteiger partial charge in [0.2, 0.25) is 0 Å². The van der Waals surface area contributed by atoms with Crippen molar-refractivity contribution in [3.63, 3.8) is 0 Å². The lowest BCUT2D eigenvalue weighted by Crippen LogP contribution is -2.02. The van der Waals surface area contributed by atoms with E-state index in [0.29, 0.717) is 12.1 Å². The molecule has 4 nitrogen and oxygen atoms in total. The van der Waals surface area contributed by atoms with Crippen LogP contribution in [-0.4, -0.2) is 10.2 Å². The van der Waals surface area contributed by atoms with Crippen LogP contribution in [0.4, 0.5) is 5.69 Å². The van der Waals surface area contributed by atoms with Crippen LogP contribution >= 0.6 is 0 Å². The van der Waals surface area contributed by atoms with Gasteiger partial charge in [-0.25, -0.2) is 0 Å². The summed E-state index contributed by atoms with van der Waals surface area (Å²) in [5.74, 6) is 0. The van der Waals surface area contributed by atoms with Crippen LogP contribution in [0.3, 0.4) is 0 Å². The first-order valence-corrected chi connectivity index (χ1v) is 5.02. The van der Waals surface area contributed by atoms with Crippen molar-refractivity contribution in [2.75, 3.05) is 5.32 Å². The van der Waals surface area contributed by atoms with Crippen molar-refractivity contribution in [2.45, 2.75) is 13.5 Å². The zero-order chi connectivity index (χ0) is 11.4. The first kappa shape index (κ1) is 10.2. The predicted octanol–water partition coefficient (Wildman–Crippen LogP) is 2.20. The molecule has 2 N–H and O–H groups in total. The van der Waals surface area contributed by atoms with Crippen molar-refractivity contribution in [2.24, 2.45) is 0 Å². The Morgan fingerprint density at radius 2 is 2.38 bits per heavy atom. The third kappa shape index (κ3) is 2.04. The van der Waals surface area contributed by atoms with Gasteiger partial charge >= 0.3 is 0 Å². The highest BCUT2D eigenvalue weighted by Gasteiger charge is 2.04. The molecule has 80 valence electrons. The molecule has 0 bridgehead atoms. The van der Waals surface area contributed by atoms with Crippen molar-refractivity contribution in [3.8, 4) is 6.07 Å². The highest BCUT2D eigenvalue weighted by molar-refractivity contribution is 5.62. The second kappa shape index (κ2) is 4.49. The van der Waals surface area contributed by atoms with Gasteiger partial charge < -0.3 is 5.32 Å². The minimum Gasteiger partial charge on any atom is -0.380 e. The topological polar surface area (TPSA) is 64.5 Å². The van der Waals surface area contributed by atoms with Crippen LogP contribution in [0.25, 0.3) is 0 Å². The fourth-order valence-electron chi connectivity index (χ4n) is 1.56.